The van der Waals surface area contributed by atoms with E-state index in [-0.39, 0.29) is 17.0 Å². The number of carbonyl (C=O) groups excluding carboxylic acids is 2. The van der Waals surface area contributed by atoms with E-state index in [1.165, 1.54) is 5.56 Å². The average molecular weight is 720 g/mol. The van der Waals surface area contributed by atoms with Crippen molar-refractivity contribution in [2.24, 2.45) is 0 Å². The first-order valence-corrected chi connectivity index (χ1v) is 21.8. The number of anilines is 2. The molecule has 7 rings (SSSR count). The van der Waals surface area contributed by atoms with Crippen molar-refractivity contribution in [1.29, 1.82) is 0 Å². The molecule has 274 valence electrons. The van der Waals surface area contributed by atoms with Crippen molar-refractivity contribution in [3.8, 4) is 11.1 Å². The summed E-state index contributed by atoms with van der Waals surface area (Å²) in [7, 11) is 0.384. The van der Waals surface area contributed by atoms with E-state index in [0.717, 1.165) is 59.0 Å². The van der Waals surface area contributed by atoms with Gasteiger partial charge in [-0.25, -0.2) is 4.79 Å². The summed E-state index contributed by atoms with van der Waals surface area (Å²) < 4.78 is 18.2. The Morgan fingerprint density at radius 2 is 1.52 bits per heavy atom. The van der Waals surface area contributed by atoms with Gasteiger partial charge in [0.2, 0.25) is 5.91 Å². The van der Waals surface area contributed by atoms with Gasteiger partial charge in [-0.15, -0.1) is 0 Å². The van der Waals surface area contributed by atoms with E-state index in [2.05, 4.69) is 86.8 Å². The molecule has 2 N–H and O–H groups in total. The lowest BCUT2D eigenvalue weighted by molar-refractivity contribution is -0.116. The molecule has 2 bridgehead atoms. The van der Waals surface area contributed by atoms with Crippen molar-refractivity contribution in [3.05, 3.63) is 96.1 Å². The van der Waals surface area contributed by atoms with Crippen molar-refractivity contribution < 1.29 is 23.5 Å². The largest absolute Gasteiger partial charge is 0.446 e. The standard InChI is InChI=1S/C43H53N3O5Si/c1-43(2,3)52(5,6)49-22-21-29-15-17-32-25-33(19-18-31(32)23-29)44-39(47)14-10-11-28-16-20-35(30-12-8-7-9-13-30)36(24-28)45-42(48)50-34-26-37-40-41(51-40)38(27-34)46(37)4/h7-9,12-13,15-20,23-25,34,37-38,40-41H,10-11,14,21-22,26-27H2,1-6H3,(H,44,47)(H,45,48)/t34?,37-,38+,40-,41+. The second kappa shape index (κ2) is 14.8. The fourth-order valence-electron chi connectivity index (χ4n) is 7.65. The molecule has 1 unspecified atom stereocenters. The van der Waals surface area contributed by atoms with Crippen LogP contribution >= 0.6 is 0 Å². The molecule has 3 aliphatic heterocycles. The normalized spacial score (nSPS) is 22.5. The lowest BCUT2D eigenvalue weighted by Crippen LogP contribution is -2.48. The molecular formula is C43H53N3O5Si. The SMILES string of the molecule is CN1[C@@H]2CC(OC(=O)Nc3cc(CCCC(=O)Nc4ccc5cc(CCO[Si](C)(C)C(C)(C)C)ccc5c4)ccc3-c3ccccc3)C[C@H]1[C@@H]1O[C@@H]12. The molecule has 4 aromatic rings. The van der Waals surface area contributed by atoms with Crippen molar-refractivity contribution in [3.63, 3.8) is 0 Å². The molecule has 3 saturated heterocycles. The highest BCUT2D eigenvalue weighted by Crippen LogP contribution is 2.48. The maximum absolute atomic E-state index is 13.2. The minimum absolute atomic E-state index is 0.0169. The number of carbonyl (C=O) groups is 2. The number of nitrogens with zero attached hydrogens (tertiary/aromatic N) is 1. The molecule has 0 aromatic heterocycles. The van der Waals surface area contributed by atoms with Gasteiger partial charge in [0.15, 0.2) is 8.32 Å². The van der Waals surface area contributed by atoms with Gasteiger partial charge in [0, 0.05) is 49.2 Å². The fraction of sp³-hybridized carbons (Fsp3) is 0.442. The van der Waals surface area contributed by atoms with Crippen LogP contribution in [0.15, 0.2) is 84.9 Å². The van der Waals surface area contributed by atoms with E-state index in [1.54, 1.807) is 0 Å². The van der Waals surface area contributed by atoms with Crippen molar-refractivity contribution in [2.75, 3.05) is 24.3 Å². The van der Waals surface area contributed by atoms with E-state index in [9.17, 15) is 9.59 Å². The second-order valence-electron chi connectivity index (χ2n) is 16.4. The average Bonchev–Trinajstić information content (AvgIpc) is 3.87. The number of epoxide rings is 1. The molecule has 0 aliphatic carbocycles. The second-order valence-corrected chi connectivity index (χ2v) is 21.2. The van der Waals surface area contributed by atoms with Crippen molar-refractivity contribution >= 4 is 42.5 Å². The number of hydrogen-bond acceptors (Lipinski definition) is 6. The smallest absolute Gasteiger partial charge is 0.411 e. The summed E-state index contributed by atoms with van der Waals surface area (Å²) in [6, 6.07) is 29.4. The van der Waals surface area contributed by atoms with Crippen LogP contribution in [-0.4, -0.2) is 69.3 Å². The number of hydrogen-bond donors (Lipinski definition) is 2. The third-order valence-electron chi connectivity index (χ3n) is 11.8. The van der Waals surface area contributed by atoms with E-state index in [0.29, 0.717) is 49.2 Å². The summed E-state index contributed by atoms with van der Waals surface area (Å²) in [4.78, 5) is 28.6. The van der Waals surface area contributed by atoms with Crippen LogP contribution in [0.4, 0.5) is 16.2 Å². The van der Waals surface area contributed by atoms with Crippen LogP contribution in [0.3, 0.4) is 0 Å². The van der Waals surface area contributed by atoms with E-state index >= 15 is 0 Å². The molecule has 0 saturated carbocycles. The number of aryl methyl sites for hydroxylation is 1. The van der Waals surface area contributed by atoms with Crippen LogP contribution in [0.1, 0.15) is 57.6 Å². The molecule has 3 fully saturated rings. The minimum Gasteiger partial charge on any atom is -0.446 e. The zero-order valence-corrected chi connectivity index (χ0v) is 32.4. The van der Waals surface area contributed by atoms with Gasteiger partial charge in [0.25, 0.3) is 0 Å². The third-order valence-corrected chi connectivity index (χ3v) is 16.3. The Bertz CT molecular complexity index is 1910. The lowest BCUT2D eigenvalue weighted by atomic mass is 9.99. The summed E-state index contributed by atoms with van der Waals surface area (Å²) in [6.45, 7) is 12.1. The Morgan fingerprint density at radius 3 is 2.25 bits per heavy atom. The van der Waals surface area contributed by atoms with Crippen LogP contribution in [-0.2, 0) is 31.5 Å². The molecular weight excluding hydrogens is 667 g/mol. The molecule has 2 amide bonds. The maximum atomic E-state index is 13.2. The van der Waals surface area contributed by atoms with Gasteiger partial charge in [-0.3, -0.25) is 15.0 Å². The molecule has 8 nitrogen and oxygen atoms in total. The first kappa shape index (κ1) is 36.3. The van der Waals surface area contributed by atoms with Gasteiger partial charge in [-0.2, -0.15) is 0 Å². The highest BCUT2D eigenvalue weighted by Gasteiger charge is 2.62. The van der Waals surface area contributed by atoms with Crippen LogP contribution in [0.5, 0.6) is 0 Å². The first-order chi connectivity index (χ1) is 24.8. The molecule has 0 spiro atoms. The Hall–Kier alpha value is -4.02. The van der Waals surface area contributed by atoms with Crippen LogP contribution < -0.4 is 10.6 Å². The van der Waals surface area contributed by atoms with Crippen molar-refractivity contribution in [2.45, 2.75) is 108 Å². The van der Waals surface area contributed by atoms with Gasteiger partial charge in [-0.05, 0) is 90.1 Å². The summed E-state index contributed by atoms with van der Waals surface area (Å²) in [5.41, 5.74) is 5.76. The number of ether oxygens (including phenoxy) is 2. The van der Waals surface area contributed by atoms with E-state index in [1.807, 2.05) is 54.6 Å². The van der Waals surface area contributed by atoms with Crippen LogP contribution in [0.25, 0.3) is 21.9 Å². The van der Waals surface area contributed by atoms with Gasteiger partial charge in [0.1, 0.15) is 18.3 Å². The summed E-state index contributed by atoms with van der Waals surface area (Å²) >= 11 is 0. The monoisotopic (exact) mass is 719 g/mol. The number of nitrogens with one attached hydrogen (secondary N) is 2. The summed E-state index contributed by atoms with van der Waals surface area (Å²) in [6.07, 6.45) is 4.27. The first-order valence-electron chi connectivity index (χ1n) is 18.8. The Labute approximate surface area is 309 Å². The number of amides is 2. The predicted octanol–water partition coefficient (Wildman–Crippen LogP) is 9.19. The topological polar surface area (TPSA) is 92.4 Å². The van der Waals surface area contributed by atoms with Crippen LogP contribution in [0, 0.1) is 0 Å². The summed E-state index contributed by atoms with van der Waals surface area (Å²) in [5.74, 6) is -0.0169. The summed E-state index contributed by atoms with van der Waals surface area (Å²) in [5, 5.41) is 8.60. The van der Waals surface area contributed by atoms with Crippen LogP contribution in [0.2, 0.25) is 18.1 Å². The Morgan fingerprint density at radius 1 is 0.846 bits per heavy atom. The van der Waals surface area contributed by atoms with Crippen molar-refractivity contribution in [1.82, 2.24) is 4.90 Å². The van der Waals surface area contributed by atoms with Gasteiger partial charge in [-0.1, -0.05) is 87.5 Å². The van der Waals surface area contributed by atoms with E-state index in [4.69, 9.17) is 13.9 Å². The zero-order valence-electron chi connectivity index (χ0n) is 31.4. The molecule has 52 heavy (non-hydrogen) atoms. The molecule has 5 atom stereocenters. The highest BCUT2D eigenvalue weighted by molar-refractivity contribution is 6.74. The van der Waals surface area contributed by atoms with Gasteiger partial charge < -0.3 is 19.2 Å². The molecule has 3 aliphatic rings. The Balaban J connectivity index is 0.924. The third kappa shape index (κ3) is 8.13. The molecule has 0 radical (unpaired) electrons. The highest BCUT2D eigenvalue weighted by atomic mass is 28.4. The number of likely N-dealkylation sites (N-methyl/N-ethyl adjacent to an activating group) is 1. The number of benzene rings is 4. The fourth-order valence-corrected chi connectivity index (χ4v) is 8.70. The maximum Gasteiger partial charge on any atom is 0.411 e. The predicted molar refractivity (Wildman–Crippen MR) is 211 cm³/mol. The van der Waals surface area contributed by atoms with E-state index < -0.39 is 14.4 Å². The minimum atomic E-state index is -1.76. The Kier molecular flexibility index (Phi) is 10.3. The number of morpholine rings is 1. The number of fused-ring (bicyclic) bond motifs is 6. The number of piperidine rings is 1. The molecule has 4 aromatic carbocycles. The lowest BCUT2D eigenvalue weighted by Gasteiger charge is -2.37. The zero-order chi connectivity index (χ0) is 36.6. The molecule has 9 heteroatoms. The molecule has 3 heterocycles. The quantitative estimate of drug-likeness (QED) is 0.112. The van der Waals surface area contributed by atoms with Gasteiger partial charge in [0.05, 0.1) is 5.69 Å². The number of rotatable bonds is 12. The van der Waals surface area contributed by atoms with Gasteiger partial charge >= 0.3 is 6.09 Å².